The number of likely N-dealkylation sites (N-methyl/N-ethyl adjacent to an activating group) is 2. The number of carbonyl (C=O) groups is 1. The van der Waals surface area contributed by atoms with Crippen molar-refractivity contribution in [2.75, 3.05) is 31.6 Å². The van der Waals surface area contributed by atoms with E-state index in [-0.39, 0.29) is 42.1 Å². The number of carbonyl (C=O) groups excluding carboxylic acids is 1. The van der Waals surface area contributed by atoms with Crippen molar-refractivity contribution in [3.8, 4) is 0 Å². The molecule has 0 spiro atoms. The van der Waals surface area contributed by atoms with Crippen molar-refractivity contribution >= 4 is 15.7 Å². The molecule has 1 amide bonds. The van der Waals surface area contributed by atoms with Gasteiger partial charge >= 0.3 is 6.18 Å². The standard InChI is InChI=1S/C17H23F3N2O3S/c1-3-22(14-8-9-26(24,25)12-14)16(23)11-21(2)10-13-6-4-5-7-15(13)17(18,19)20/h4-7,14H,3,8-12H2,1-2H3. The molecule has 1 aliphatic rings. The van der Waals surface area contributed by atoms with E-state index >= 15 is 0 Å². The van der Waals surface area contributed by atoms with Gasteiger partial charge in [0.1, 0.15) is 0 Å². The van der Waals surface area contributed by atoms with Crippen LogP contribution in [0, 0.1) is 0 Å². The van der Waals surface area contributed by atoms with Gasteiger partial charge in [-0.3, -0.25) is 9.69 Å². The highest BCUT2D eigenvalue weighted by Crippen LogP contribution is 2.32. The van der Waals surface area contributed by atoms with Gasteiger partial charge in [0.2, 0.25) is 5.91 Å². The molecular weight excluding hydrogens is 369 g/mol. The van der Waals surface area contributed by atoms with Crippen LogP contribution in [0.15, 0.2) is 24.3 Å². The van der Waals surface area contributed by atoms with Crippen LogP contribution in [0.2, 0.25) is 0 Å². The first-order valence-corrected chi connectivity index (χ1v) is 10.2. The fourth-order valence-corrected chi connectivity index (χ4v) is 4.99. The number of sulfone groups is 1. The van der Waals surface area contributed by atoms with Crippen LogP contribution in [-0.2, 0) is 27.4 Å². The lowest BCUT2D eigenvalue weighted by Gasteiger charge is -2.29. The second-order valence-corrected chi connectivity index (χ2v) is 8.79. The number of hydrogen-bond donors (Lipinski definition) is 0. The number of hydrogen-bond acceptors (Lipinski definition) is 4. The lowest BCUT2D eigenvalue weighted by Crippen LogP contribution is -2.45. The van der Waals surface area contributed by atoms with Gasteiger partial charge in [-0.05, 0) is 32.0 Å². The zero-order valence-corrected chi connectivity index (χ0v) is 15.6. The van der Waals surface area contributed by atoms with E-state index in [0.29, 0.717) is 13.0 Å². The lowest BCUT2D eigenvalue weighted by molar-refractivity contribution is -0.138. The van der Waals surface area contributed by atoms with Gasteiger partial charge in [0.25, 0.3) is 0 Å². The Morgan fingerprint density at radius 2 is 1.92 bits per heavy atom. The van der Waals surface area contributed by atoms with E-state index < -0.39 is 21.6 Å². The minimum atomic E-state index is -4.45. The quantitative estimate of drug-likeness (QED) is 0.745. The van der Waals surface area contributed by atoms with Gasteiger partial charge in [0.05, 0.1) is 23.6 Å². The number of benzene rings is 1. The van der Waals surface area contributed by atoms with E-state index in [1.807, 2.05) is 0 Å². The largest absolute Gasteiger partial charge is 0.416 e. The maximum Gasteiger partial charge on any atom is 0.416 e. The lowest BCUT2D eigenvalue weighted by atomic mass is 10.1. The monoisotopic (exact) mass is 392 g/mol. The third-order valence-corrected chi connectivity index (χ3v) is 6.23. The van der Waals surface area contributed by atoms with Crippen molar-refractivity contribution in [2.45, 2.75) is 32.1 Å². The Labute approximate surface area is 151 Å². The van der Waals surface area contributed by atoms with E-state index in [9.17, 15) is 26.4 Å². The third kappa shape index (κ3) is 5.20. The van der Waals surface area contributed by atoms with E-state index in [4.69, 9.17) is 0 Å². The minimum Gasteiger partial charge on any atom is -0.338 e. The highest BCUT2D eigenvalue weighted by molar-refractivity contribution is 7.91. The summed E-state index contributed by atoms with van der Waals surface area (Å²) in [6.07, 6.45) is -4.04. The van der Waals surface area contributed by atoms with Crippen molar-refractivity contribution in [1.29, 1.82) is 0 Å². The second-order valence-electron chi connectivity index (χ2n) is 6.56. The average molecular weight is 392 g/mol. The molecular formula is C17H23F3N2O3S. The topological polar surface area (TPSA) is 57.7 Å². The normalized spacial score (nSPS) is 19.7. The number of amides is 1. The Bertz CT molecular complexity index is 750. The maximum absolute atomic E-state index is 13.1. The second kappa shape index (κ2) is 7.96. The first kappa shape index (κ1) is 20.7. The number of rotatable bonds is 6. The van der Waals surface area contributed by atoms with E-state index in [2.05, 4.69) is 0 Å². The van der Waals surface area contributed by atoms with E-state index in [0.717, 1.165) is 6.07 Å². The van der Waals surface area contributed by atoms with Crippen LogP contribution in [0.25, 0.3) is 0 Å². The molecule has 0 aliphatic carbocycles. The molecule has 0 saturated carbocycles. The molecule has 5 nitrogen and oxygen atoms in total. The maximum atomic E-state index is 13.1. The van der Waals surface area contributed by atoms with Crippen molar-refractivity contribution in [2.24, 2.45) is 0 Å². The number of nitrogens with zero attached hydrogens (tertiary/aromatic N) is 2. The molecule has 1 aromatic carbocycles. The molecule has 26 heavy (non-hydrogen) atoms. The Hall–Kier alpha value is -1.61. The van der Waals surface area contributed by atoms with Crippen LogP contribution in [0.1, 0.15) is 24.5 Å². The fraction of sp³-hybridized carbons (Fsp3) is 0.588. The Kier molecular flexibility index (Phi) is 6.33. The zero-order chi connectivity index (χ0) is 19.5. The molecule has 1 saturated heterocycles. The van der Waals surface area contributed by atoms with Crippen molar-refractivity contribution in [3.05, 3.63) is 35.4 Å². The summed E-state index contributed by atoms with van der Waals surface area (Å²) in [4.78, 5) is 15.5. The predicted molar refractivity (Wildman–Crippen MR) is 92.2 cm³/mol. The van der Waals surface area contributed by atoms with E-state index in [1.165, 1.54) is 28.0 Å². The van der Waals surface area contributed by atoms with Gasteiger partial charge in [-0.1, -0.05) is 18.2 Å². The predicted octanol–water partition coefficient (Wildman–Crippen LogP) is 2.17. The number of alkyl halides is 3. The van der Waals surface area contributed by atoms with Gasteiger partial charge < -0.3 is 4.90 Å². The van der Waals surface area contributed by atoms with Crippen molar-refractivity contribution in [3.63, 3.8) is 0 Å². The summed E-state index contributed by atoms with van der Waals surface area (Å²) in [5.41, 5.74) is -0.615. The third-order valence-electron chi connectivity index (χ3n) is 4.48. The summed E-state index contributed by atoms with van der Waals surface area (Å²) in [6.45, 7) is 2.03. The van der Waals surface area contributed by atoms with Gasteiger partial charge in [-0.2, -0.15) is 13.2 Å². The smallest absolute Gasteiger partial charge is 0.338 e. The Morgan fingerprint density at radius 3 is 2.46 bits per heavy atom. The van der Waals surface area contributed by atoms with Gasteiger partial charge in [0.15, 0.2) is 9.84 Å². The Balaban J connectivity index is 2.03. The summed E-state index contributed by atoms with van der Waals surface area (Å²) >= 11 is 0. The molecule has 2 rings (SSSR count). The summed E-state index contributed by atoms with van der Waals surface area (Å²) in [7, 11) is -1.54. The highest BCUT2D eigenvalue weighted by Gasteiger charge is 2.35. The van der Waals surface area contributed by atoms with Crippen molar-refractivity contribution < 1.29 is 26.4 Å². The molecule has 1 heterocycles. The van der Waals surface area contributed by atoms with E-state index in [1.54, 1.807) is 14.0 Å². The van der Waals surface area contributed by atoms with Crippen LogP contribution in [0.5, 0.6) is 0 Å². The summed E-state index contributed by atoms with van der Waals surface area (Å²) in [6, 6.07) is 4.92. The zero-order valence-electron chi connectivity index (χ0n) is 14.8. The molecule has 1 aliphatic heterocycles. The molecule has 146 valence electrons. The van der Waals surface area contributed by atoms with Crippen LogP contribution in [0.3, 0.4) is 0 Å². The van der Waals surface area contributed by atoms with Crippen LogP contribution >= 0.6 is 0 Å². The Morgan fingerprint density at radius 1 is 1.27 bits per heavy atom. The molecule has 0 N–H and O–H groups in total. The molecule has 1 atom stereocenters. The SMILES string of the molecule is CCN(C(=O)CN(C)Cc1ccccc1C(F)(F)F)C1CCS(=O)(=O)C1. The molecule has 0 bridgehead atoms. The molecule has 1 unspecified atom stereocenters. The van der Waals surface area contributed by atoms with Gasteiger partial charge in [-0.15, -0.1) is 0 Å². The summed E-state index contributed by atoms with van der Waals surface area (Å²) in [5.74, 6) is -0.259. The highest BCUT2D eigenvalue weighted by atomic mass is 32.2. The molecule has 1 fully saturated rings. The average Bonchev–Trinajstić information content (AvgIpc) is 2.87. The summed E-state index contributed by atoms with van der Waals surface area (Å²) < 4.78 is 62.5. The van der Waals surface area contributed by atoms with Crippen LogP contribution in [-0.4, -0.2) is 61.8 Å². The minimum absolute atomic E-state index is 0.0259. The van der Waals surface area contributed by atoms with Gasteiger partial charge in [0, 0.05) is 19.1 Å². The van der Waals surface area contributed by atoms with Crippen LogP contribution < -0.4 is 0 Å². The molecule has 1 aromatic rings. The summed E-state index contributed by atoms with van der Waals surface area (Å²) in [5, 5.41) is 0. The first-order valence-electron chi connectivity index (χ1n) is 8.37. The first-order chi connectivity index (χ1) is 12.0. The molecule has 0 aromatic heterocycles. The fourth-order valence-electron chi connectivity index (χ4n) is 3.26. The number of halogens is 3. The molecule has 0 radical (unpaired) electrons. The van der Waals surface area contributed by atoms with Gasteiger partial charge in [-0.25, -0.2) is 8.42 Å². The van der Waals surface area contributed by atoms with Crippen molar-refractivity contribution in [1.82, 2.24) is 9.80 Å². The van der Waals surface area contributed by atoms with Crippen LogP contribution in [0.4, 0.5) is 13.2 Å². The molecule has 9 heteroatoms.